The van der Waals surface area contributed by atoms with Crippen LogP contribution >= 0.6 is 0 Å². The number of aliphatic hydroxyl groups is 3. The Hall–Kier alpha value is -2.75. The molecule has 1 saturated heterocycles. The third-order valence-electron chi connectivity index (χ3n) is 5.05. The highest BCUT2D eigenvalue weighted by Gasteiger charge is 2.60. The van der Waals surface area contributed by atoms with Crippen LogP contribution in [-0.4, -0.2) is 82.8 Å². The quantitative estimate of drug-likeness (QED) is 0.199. The topological polar surface area (TPSA) is 223 Å². The fraction of sp³-hybridized carbons (Fsp3) is 0.562. The Morgan fingerprint density at radius 1 is 1.33 bits per heavy atom. The fourth-order valence-corrected chi connectivity index (χ4v) is 3.22. The van der Waals surface area contributed by atoms with Gasteiger partial charge in [0, 0.05) is 0 Å². The van der Waals surface area contributed by atoms with Crippen molar-refractivity contribution in [3.05, 3.63) is 12.7 Å². The molecule has 0 bridgehead atoms. The number of hydrogen-bond donors (Lipinski definition) is 6. The lowest BCUT2D eigenvalue weighted by Crippen LogP contribution is -2.54. The maximum Gasteiger partial charge on any atom is 0.274 e. The van der Waals surface area contributed by atoms with Gasteiger partial charge in [0.2, 0.25) is 0 Å². The van der Waals surface area contributed by atoms with Gasteiger partial charge >= 0.3 is 0 Å². The molecule has 2 aromatic heterocycles. The van der Waals surface area contributed by atoms with E-state index in [4.69, 9.17) is 16.2 Å². The first-order valence-electron chi connectivity index (χ1n) is 8.99. The summed E-state index contributed by atoms with van der Waals surface area (Å²) < 4.78 is 6.37. The van der Waals surface area contributed by atoms with Crippen molar-refractivity contribution in [2.24, 2.45) is 17.4 Å². The number of hydroxylamine groups is 1. The van der Waals surface area contributed by atoms with E-state index < -0.39 is 48.5 Å². The number of carbonyl (C=O) groups is 2. The van der Waals surface area contributed by atoms with E-state index in [0.29, 0.717) is 0 Å². The van der Waals surface area contributed by atoms with E-state index in [9.17, 15) is 30.1 Å². The third-order valence-corrected chi connectivity index (χ3v) is 5.05. The standard InChI is InChI=1S/C16H23N7O7/c1-6(2)8(17)14(27)23(29)13-9-12(19-4-20-13)22(5-21-9)16(15(18)28)11(26)10(25)7(3-24)30-16/h4-8,10-11,24-26,29H,3,17H2,1-2H3,(H2,18,28)/t7-,8+,10-,11-,16+/m1/s1. The molecule has 0 unspecified atom stereocenters. The van der Waals surface area contributed by atoms with Gasteiger partial charge in [-0.05, 0) is 5.92 Å². The van der Waals surface area contributed by atoms with Crippen LogP contribution in [0, 0.1) is 5.92 Å². The number of carbonyl (C=O) groups excluding carboxylic acids is 2. The van der Waals surface area contributed by atoms with Gasteiger partial charge in [0.05, 0.1) is 12.6 Å². The molecule has 2 aromatic rings. The predicted octanol–water partition coefficient (Wildman–Crippen LogP) is -3.22. The van der Waals surface area contributed by atoms with Gasteiger partial charge in [-0.15, -0.1) is 0 Å². The second kappa shape index (κ2) is 7.82. The Bertz CT molecular complexity index is 967. The fourth-order valence-electron chi connectivity index (χ4n) is 3.22. The molecule has 1 aliphatic rings. The molecule has 164 valence electrons. The lowest BCUT2D eigenvalue weighted by molar-refractivity contribution is -0.172. The molecule has 0 radical (unpaired) electrons. The molecule has 0 aromatic carbocycles. The van der Waals surface area contributed by atoms with E-state index in [2.05, 4.69) is 15.0 Å². The third kappa shape index (κ3) is 3.10. The summed E-state index contributed by atoms with van der Waals surface area (Å²) in [6, 6.07) is -1.03. The van der Waals surface area contributed by atoms with Crippen molar-refractivity contribution >= 4 is 28.8 Å². The molecule has 2 amide bonds. The van der Waals surface area contributed by atoms with Gasteiger partial charge in [0.25, 0.3) is 17.5 Å². The van der Waals surface area contributed by atoms with E-state index in [1.165, 1.54) is 0 Å². The van der Waals surface area contributed by atoms with Gasteiger partial charge in [-0.25, -0.2) is 15.0 Å². The SMILES string of the molecule is CC(C)[C@H](N)C(=O)N(O)c1ncnc2c1ncn2[C@]1(C(N)=O)O[C@H](CO)[C@@H](O)[C@H]1O. The maximum absolute atomic E-state index is 12.4. The minimum absolute atomic E-state index is 0.136. The Morgan fingerprint density at radius 2 is 2.00 bits per heavy atom. The molecular formula is C16H23N7O7. The summed E-state index contributed by atoms with van der Waals surface area (Å²) in [7, 11) is 0. The number of hydrogen-bond acceptors (Lipinski definition) is 11. The minimum Gasteiger partial charge on any atom is -0.394 e. The lowest BCUT2D eigenvalue weighted by Gasteiger charge is -2.30. The first kappa shape index (κ1) is 21.9. The van der Waals surface area contributed by atoms with Gasteiger partial charge in [-0.3, -0.25) is 19.4 Å². The summed E-state index contributed by atoms with van der Waals surface area (Å²) in [4.78, 5) is 36.5. The predicted molar refractivity (Wildman–Crippen MR) is 98.5 cm³/mol. The Labute approximate surface area is 169 Å². The largest absolute Gasteiger partial charge is 0.394 e. The summed E-state index contributed by atoms with van der Waals surface area (Å²) in [6.07, 6.45) is -2.83. The Kier molecular flexibility index (Phi) is 5.72. The van der Waals surface area contributed by atoms with Crippen molar-refractivity contribution in [3.63, 3.8) is 0 Å². The normalized spacial score (nSPS) is 27.5. The molecule has 14 heteroatoms. The molecule has 30 heavy (non-hydrogen) atoms. The zero-order chi connectivity index (χ0) is 22.4. The number of imidazole rings is 1. The molecule has 1 fully saturated rings. The highest BCUT2D eigenvalue weighted by Crippen LogP contribution is 2.38. The summed E-state index contributed by atoms with van der Waals surface area (Å²) in [6.45, 7) is 2.68. The Morgan fingerprint density at radius 3 is 2.53 bits per heavy atom. The molecular weight excluding hydrogens is 402 g/mol. The summed E-state index contributed by atoms with van der Waals surface area (Å²) in [5.41, 5.74) is 8.61. The van der Waals surface area contributed by atoms with Crippen LogP contribution in [-0.2, 0) is 20.1 Å². The zero-order valence-electron chi connectivity index (χ0n) is 16.2. The molecule has 3 rings (SSSR count). The van der Waals surface area contributed by atoms with Crippen LogP contribution in [0.5, 0.6) is 0 Å². The number of nitrogens with two attached hydrogens (primary N) is 2. The van der Waals surface area contributed by atoms with E-state index in [1.807, 2.05) is 0 Å². The highest BCUT2D eigenvalue weighted by molar-refractivity contribution is 6.00. The molecule has 14 nitrogen and oxygen atoms in total. The van der Waals surface area contributed by atoms with Crippen LogP contribution in [0.2, 0.25) is 0 Å². The first-order chi connectivity index (χ1) is 14.1. The van der Waals surface area contributed by atoms with E-state index in [1.54, 1.807) is 13.8 Å². The molecule has 5 atom stereocenters. The number of amides is 2. The van der Waals surface area contributed by atoms with Gasteiger partial charge in [0.15, 0.2) is 17.0 Å². The molecule has 0 saturated carbocycles. The van der Waals surface area contributed by atoms with Crippen LogP contribution in [0.15, 0.2) is 12.7 Å². The number of anilines is 1. The van der Waals surface area contributed by atoms with Crippen LogP contribution in [0.1, 0.15) is 13.8 Å². The molecule has 0 spiro atoms. The van der Waals surface area contributed by atoms with E-state index in [0.717, 1.165) is 17.2 Å². The van der Waals surface area contributed by atoms with Gasteiger partial charge in [0.1, 0.15) is 31.0 Å². The van der Waals surface area contributed by atoms with Crippen LogP contribution in [0.3, 0.4) is 0 Å². The molecule has 3 heterocycles. The van der Waals surface area contributed by atoms with E-state index >= 15 is 0 Å². The summed E-state index contributed by atoms with van der Waals surface area (Å²) >= 11 is 0. The van der Waals surface area contributed by atoms with Crippen LogP contribution in [0.4, 0.5) is 5.82 Å². The summed E-state index contributed by atoms with van der Waals surface area (Å²) in [5, 5.41) is 40.6. The average Bonchev–Trinajstić information content (AvgIpc) is 3.26. The monoisotopic (exact) mass is 425 g/mol. The van der Waals surface area contributed by atoms with Crippen molar-refractivity contribution in [1.82, 2.24) is 19.5 Å². The van der Waals surface area contributed by atoms with Gasteiger partial charge < -0.3 is 31.5 Å². The number of rotatable bonds is 6. The number of primary amides is 1. The smallest absolute Gasteiger partial charge is 0.274 e. The second-order valence-corrected chi connectivity index (χ2v) is 7.24. The molecule has 0 aliphatic carbocycles. The van der Waals surface area contributed by atoms with Crippen molar-refractivity contribution in [2.75, 3.05) is 11.7 Å². The second-order valence-electron chi connectivity index (χ2n) is 7.24. The first-order valence-corrected chi connectivity index (χ1v) is 8.99. The minimum atomic E-state index is -2.36. The number of nitrogens with zero attached hydrogens (tertiary/aromatic N) is 5. The number of fused-ring (bicyclic) bond motifs is 1. The van der Waals surface area contributed by atoms with Gasteiger partial charge in [-0.1, -0.05) is 13.8 Å². The number of ether oxygens (including phenoxy) is 1. The van der Waals surface area contributed by atoms with Gasteiger partial charge in [-0.2, -0.15) is 5.06 Å². The lowest BCUT2D eigenvalue weighted by atomic mass is 10.0. The van der Waals surface area contributed by atoms with Crippen molar-refractivity contribution < 1.29 is 34.9 Å². The van der Waals surface area contributed by atoms with Crippen molar-refractivity contribution in [1.29, 1.82) is 0 Å². The zero-order valence-corrected chi connectivity index (χ0v) is 16.2. The average molecular weight is 425 g/mol. The van der Waals surface area contributed by atoms with E-state index in [-0.39, 0.29) is 28.0 Å². The van der Waals surface area contributed by atoms with Crippen LogP contribution in [0.25, 0.3) is 11.2 Å². The van der Waals surface area contributed by atoms with Crippen molar-refractivity contribution in [2.45, 2.75) is 43.9 Å². The van der Waals surface area contributed by atoms with Crippen molar-refractivity contribution in [3.8, 4) is 0 Å². The Balaban J connectivity index is 2.13. The molecule has 8 N–H and O–H groups in total. The maximum atomic E-state index is 12.4. The van der Waals surface area contributed by atoms with Crippen LogP contribution < -0.4 is 16.5 Å². The number of aliphatic hydroxyl groups excluding tert-OH is 3. The number of aromatic nitrogens is 4. The highest BCUT2D eigenvalue weighted by atomic mass is 16.6. The summed E-state index contributed by atoms with van der Waals surface area (Å²) in [5.74, 6) is -2.65. The molecule has 1 aliphatic heterocycles.